The third-order valence-corrected chi connectivity index (χ3v) is 4.65. The fourth-order valence-electron chi connectivity index (χ4n) is 1.73. The van der Waals surface area contributed by atoms with Crippen molar-refractivity contribution in [3.63, 3.8) is 0 Å². The number of benzene rings is 2. The van der Waals surface area contributed by atoms with Gasteiger partial charge in [-0.2, -0.15) is 0 Å². The SMILES string of the molecule is Cc1ccc(NC(=O)C(C)Sc2ccc(F)cc2)c(Br)c1. The van der Waals surface area contributed by atoms with Gasteiger partial charge in [-0.1, -0.05) is 6.07 Å². The highest BCUT2D eigenvalue weighted by Crippen LogP contribution is 2.27. The Hall–Kier alpha value is -1.33. The van der Waals surface area contributed by atoms with E-state index < -0.39 is 0 Å². The summed E-state index contributed by atoms with van der Waals surface area (Å²) in [4.78, 5) is 13.1. The molecule has 21 heavy (non-hydrogen) atoms. The van der Waals surface area contributed by atoms with Crippen molar-refractivity contribution in [2.24, 2.45) is 0 Å². The molecule has 1 amide bonds. The summed E-state index contributed by atoms with van der Waals surface area (Å²) in [5.74, 6) is -0.367. The molecule has 0 aliphatic rings. The van der Waals surface area contributed by atoms with Crippen LogP contribution < -0.4 is 5.32 Å². The molecule has 0 radical (unpaired) electrons. The zero-order chi connectivity index (χ0) is 15.4. The molecule has 0 aliphatic carbocycles. The Morgan fingerprint density at radius 1 is 1.24 bits per heavy atom. The number of halogens is 2. The van der Waals surface area contributed by atoms with E-state index in [1.807, 2.05) is 32.0 Å². The van der Waals surface area contributed by atoms with Crippen LogP contribution in [0.25, 0.3) is 0 Å². The number of amides is 1. The number of thioether (sulfide) groups is 1. The molecule has 5 heteroatoms. The Morgan fingerprint density at radius 2 is 1.90 bits per heavy atom. The lowest BCUT2D eigenvalue weighted by Crippen LogP contribution is -2.22. The van der Waals surface area contributed by atoms with Crippen molar-refractivity contribution in [1.29, 1.82) is 0 Å². The summed E-state index contributed by atoms with van der Waals surface area (Å²) in [5, 5.41) is 2.61. The molecule has 0 fully saturated rings. The minimum atomic E-state index is -0.278. The van der Waals surface area contributed by atoms with Crippen molar-refractivity contribution in [3.05, 3.63) is 58.3 Å². The van der Waals surface area contributed by atoms with E-state index in [0.29, 0.717) is 0 Å². The summed E-state index contributed by atoms with van der Waals surface area (Å²) in [6.07, 6.45) is 0. The van der Waals surface area contributed by atoms with Crippen molar-refractivity contribution in [1.82, 2.24) is 0 Å². The number of hydrogen-bond donors (Lipinski definition) is 1. The third kappa shape index (κ3) is 4.58. The van der Waals surface area contributed by atoms with E-state index in [4.69, 9.17) is 0 Å². The maximum absolute atomic E-state index is 12.9. The first-order valence-corrected chi connectivity index (χ1v) is 8.12. The summed E-state index contributed by atoms with van der Waals surface area (Å²) in [6.45, 7) is 3.81. The lowest BCUT2D eigenvalue weighted by atomic mass is 10.2. The highest BCUT2D eigenvalue weighted by atomic mass is 79.9. The van der Waals surface area contributed by atoms with E-state index in [-0.39, 0.29) is 17.0 Å². The Morgan fingerprint density at radius 3 is 2.52 bits per heavy atom. The Labute approximate surface area is 136 Å². The minimum Gasteiger partial charge on any atom is -0.324 e. The van der Waals surface area contributed by atoms with Crippen molar-refractivity contribution in [3.8, 4) is 0 Å². The molecule has 1 unspecified atom stereocenters. The van der Waals surface area contributed by atoms with Crippen LogP contribution in [0.3, 0.4) is 0 Å². The van der Waals surface area contributed by atoms with Gasteiger partial charge in [-0.3, -0.25) is 4.79 Å². The fourth-order valence-corrected chi connectivity index (χ4v) is 3.19. The van der Waals surface area contributed by atoms with E-state index in [2.05, 4.69) is 21.2 Å². The second-order valence-electron chi connectivity index (χ2n) is 4.69. The second kappa shape index (κ2) is 7.09. The first-order valence-electron chi connectivity index (χ1n) is 6.45. The van der Waals surface area contributed by atoms with Crippen LogP contribution in [0.2, 0.25) is 0 Å². The van der Waals surface area contributed by atoms with Gasteiger partial charge in [-0.15, -0.1) is 11.8 Å². The molecule has 110 valence electrons. The third-order valence-electron chi connectivity index (χ3n) is 2.88. The second-order valence-corrected chi connectivity index (χ2v) is 6.96. The van der Waals surface area contributed by atoms with Crippen molar-refractivity contribution >= 4 is 39.3 Å². The zero-order valence-electron chi connectivity index (χ0n) is 11.7. The Bertz CT molecular complexity index is 645. The zero-order valence-corrected chi connectivity index (χ0v) is 14.1. The van der Waals surface area contributed by atoms with Crippen LogP contribution in [0, 0.1) is 12.7 Å². The van der Waals surface area contributed by atoms with Crippen LogP contribution >= 0.6 is 27.7 Å². The van der Waals surface area contributed by atoms with Gasteiger partial charge in [0.2, 0.25) is 5.91 Å². The Balaban J connectivity index is 2.00. The average molecular weight is 368 g/mol. The van der Waals surface area contributed by atoms with Crippen LogP contribution in [0.15, 0.2) is 51.8 Å². The molecule has 2 nitrogen and oxygen atoms in total. The van der Waals surface area contributed by atoms with Gasteiger partial charge in [-0.25, -0.2) is 4.39 Å². The van der Waals surface area contributed by atoms with Gasteiger partial charge in [-0.05, 0) is 71.7 Å². The van der Waals surface area contributed by atoms with Crippen LogP contribution in [0.1, 0.15) is 12.5 Å². The van der Waals surface area contributed by atoms with E-state index >= 15 is 0 Å². The standard InChI is InChI=1S/C16H15BrFNOS/c1-10-3-8-15(14(17)9-10)19-16(20)11(2)21-13-6-4-12(18)5-7-13/h3-9,11H,1-2H3,(H,19,20). The summed E-state index contributed by atoms with van der Waals surface area (Å²) in [5.41, 5.74) is 1.87. The molecule has 0 aliphatic heterocycles. The predicted octanol–water partition coefficient (Wildman–Crippen LogP) is 5.02. The van der Waals surface area contributed by atoms with Gasteiger partial charge < -0.3 is 5.32 Å². The highest BCUT2D eigenvalue weighted by molar-refractivity contribution is 9.10. The summed E-state index contributed by atoms with van der Waals surface area (Å²) < 4.78 is 13.7. The monoisotopic (exact) mass is 367 g/mol. The molecule has 0 heterocycles. The van der Waals surface area contributed by atoms with Crippen molar-refractivity contribution in [2.75, 3.05) is 5.32 Å². The van der Waals surface area contributed by atoms with Gasteiger partial charge >= 0.3 is 0 Å². The maximum Gasteiger partial charge on any atom is 0.237 e. The van der Waals surface area contributed by atoms with Crippen LogP contribution in [-0.2, 0) is 4.79 Å². The molecule has 1 atom stereocenters. The molecule has 1 N–H and O–H groups in total. The molecular formula is C16H15BrFNOS. The molecule has 0 saturated heterocycles. The quantitative estimate of drug-likeness (QED) is 0.769. The maximum atomic E-state index is 12.9. The number of nitrogens with one attached hydrogen (secondary N) is 1. The summed E-state index contributed by atoms with van der Waals surface area (Å²) in [6, 6.07) is 11.9. The van der Waals surface area contributed by atoms with Crippen molar-refractivity contribution < 1.29 is 9.18 Å². The van der Waals surface area contributed by atoms with Crippen LogP contribution in [0.5, 0.6) is 0 Å². The fraction of sp³-hybridized carbons (Fsp3) is 0.188. The largest absolute Gasteiger partial charge is 0.324 e. The number of rotatable bonds is 4. The van der Waals surface area contributed by atoms with E-state index in [9.17, 15) is 9.18 Å². The molecular weight excluding hydrogens is 353 g/mol. The molecule has 0 bridgehead atoms. The molecule has 0 saturated carbocycles. The molecule has 2 aromatic carbocycles. The van der Waals surface area contributed by atoms with Crippen LogP contribution in [-0.4, -0.2) is 11.2 Å². The molecule has 2 rings (SSSR count). The summed E-state index contributed by atoms with van der Waals surface area (Å²) in [7, 11) is 0. The minimum absolute atomic E-state index is 0.0890. The van der Waals surface area contributed by atoms with E-state index in [1.54, 1.807) is 12.1 Å². The van der Waals surface area contributed by atoms with Gasteiger partial charge in [0, 0.05) is 9.37 Å². The Kier molecular flexibility index (Phi) is 5.42. The van der Waals surface area contributed by atoms with Crippen LogP contribution in [0.4, 0.5) is 10.1 Å². The van der Waals surface area contributed by atoms with Gasteiger partial charge in [0.1, 0.15) is 5.82 Å². The molecule has 0 aromatic heterocycles. The summed E-state index contributed by atoms with van der Waals surface area (Å²) >= 11 is 4.83. The topological polar surface area (TPSA) is 29.1 Å². The van der Waals surface area contributed by atoms with Gasteiger partial charge in [0.15, 0.2) is 0 Å². The van der Waals surface area contributed by atoms with E-state index in [1.165, 1.54) is 23.9 Å². The highest BCUT2D eigenvalue weighted by Gasteiger charge is 2.15. The number of hydrogen-bond acceptors (Lipinski definition) is 2. The first-order chi connectivity index (χ1) is 9.95. The average Bonchev–Trinajstić information content (AvgIpc) is 2.44. The number of carbonyl (C=O) groups is 1. The smallest absolute Gasteiger partial charge is 0.237 e. The van der Waals surface area contributed by atoms with Gasteiger partial charge in [0.25, 0.3) is 0 Å². The lowest BCUT2D eigenvalue weighted by molar-refractivity contribution is -0.115. The number of aryl methyl sites for hydroxylation is 1. The van der Waals surface area contributed by atoms with Gasteiger partial charge in [0.05, 0.1) is 10.9 Å². The first kappa shape index (κ1) is 16.0. The predicted molar refractivity (Wildman–Crippen MR) is 89.2 cm³/mol. The lowest BCUT2D eigenvalue weighted by Gasteiger charge is -2.13. The normalized spacial score (nSPS) is 12.0. The molecule has 2 aromatic rings. The number of anilines is 1. The number of carbonyl (C=O) groups excluding carboxylic acids is 1. The van der Waals surface area contributed by atoms with Crippen molar-refractivity contribution in [2.45, 2.75) is 24.0 Å². The van der Waals surface area contributed by atoms with E-state index in [0.717, 1.165) is 20.6 Å². The molecule has 0 spiro atoms.